The van der Waals surface area contributed by atoms with Gasteiger partial charge in [0.2, 0.25) is 0 Å². The number of benzene rings is 2. The number of rotatable bonds is 2. The largest absolute Gasteiger partial charge is 0.444 e. The van der Waals surface area contributed by atoms with Gasteiger partial charge in [-0.15, -0.1) is 0 Å². The molecule has 2 aromatic carbocycles. The zero-order valence-electron chi connectivity index (χ0n) is 14.5. The van der Waals surface area contributed by atoms with Gasteiger partial charge in [0.25, 0.3) is 11.8 Å². The van der Waals surface area contributed by atoms with Gasteiger partial charge < -0.3 is 4.74 Å². The third-order valence-electron chi connectivity index (χ3n) is 3.63. The maximum absolute atomic E-state index is 14.3. The molecule has 1 N–H and O–H groups in total. The highest BCUT2D eigenvalue weighted by Gasteiger charge is 2.37. The van der Waals surface area contributed by atoms with E-state index in [1.807, 2.05) is 0 Å². The fourth-order valence-electron chi connectivity index (χ4n) is 2.59. The number of hydrogen-bond donors (Lipinski definition) is 1. The van der Waals surface area contributed by atoms with Gasteiger partial charge in [-0.1, -0.05) is 12.1 Å². The van der Waals surface area contributed by atoms with Crippen LogP contribution in [0.15, 0.2) is 42.5 Å². The molecule has 0 aromatic heterocycles. The summed E-state index contributed by atoms with van der Waals surface area (Å²) in [5.74, 6) is -1.98. The number of anilines is 2. The summed E-state index contributed by atoms with van der Waals surface area (Å²) >= 11 is 0. The van der Waals surface area contributed by atoms with Crippen LogP contribution in [0.25, 0.3) is 0 Å². The van der Waals surface area contributed by atoms with Gasteiger partial charge in [-0.25, -0.2) is 14.1 Å². The van der Waals surface area contributed by atoms with E-state index in [-0.39, 0.29) is 22.5 Å². The molecule has 26 heavy (non-hydrogen) atoms. The Kier molecular flexibility index (Phi) is 4.23. The number of ether oxygens (including phenoxy) is 1. The maximum atomic E-state index is 14.3. The van der Waals surface area contributed by atoms with Gasteiger partial charge in [-0.2, -0.15) is 0 Å². The van der Waals surface area contributed by atoms with Crippen molar-refractivity contribution in [2.75, 3.05) is 10.2 Å². The Balaban J connectivity index is 1.91. The van der Waals surface area contributed by atoms with Crippen LogP contribution in [0, 0.1) is 5.82 Å². The number of hydrogen-bond acceptors (Lipinski definition) is 4. The van der Waals surface area contributed by atoms with Crippen LogP contribution in [0.2, 0.25) is 0 Å². The summed E-state index contributed by atoms with van der Waals surface area (Å²) < 4.78 is 19.4. The van der Waals surface area contributed by atoms with Crippen LogP contribution in [-0.2, 0) is 4.74 Å². The molecular formula is C19H17FN2O4. The second-order valence-corrected chi connectivity index (χ2v) is 6.78. The molecule has 0 spiro atoms. The molecule has 0 saturated heterocycles. The van der Waals surface area contributed by atoms with Crippen LogP contribution >= 0.6 is 0 Å². The molecule has 1 heterocycles. The minimum atomic E-state index is -0.755. The molecule has 0 aliphatic carbocycles. The molecule has 2 aromatic rings. The SMILES string of the molecule is CC(C)(C)OC(=O)Nc1ccc(F)c(N2C(=O)c3ccccc3C2=O)c1. The molecule has 3 amide bonds. The lowest BCUT2D eigenvalue weighted by molar-refractivity contribution is 0.0635. The summed E-state index contributed by atoms with van der Waals surface area (Å²) in [7, 11) is 0. The summed E-state index contributed by atoms with van der Waals surface area (Å²) in [6.45, 7) is 5.13. The van der Waals surface area contributed by atoms with Gasteiger partial charge in [0.1, 0.15) is 11.4 Å². The van der Waals surface area contributed by atoms with Crippen molar-refractivity contribution in [1.29, 1.82) is 0 Å². The van der Waals surface area contributed by atoms with E-state index in [0.29, 0.717) is 0 Å². The number of imide groups is 1. The third-order valence-corrected chi connectivity index (χ3v) is 3.63. The number of nitrogens with zero attached hydrogens (tertiary/aromatic N) is 1. The Morgan fingerprint density at radius 2 is 1.62 bits per heavy atom. The molecule has 6 nitrogen and oxygen atoms in total. The summed E-state index contributed by atoms with van der Waals surface area (Å²) in [6, 6.07) is 9.90. The Morgan fingerprint density at radius 1 is 1.04 bits per heavy atom. The van der Waals surface area contributed by atoms with E-state index >= 15 is 0 Å². The quantitative estimate of drug-likeness (QED) is 0.826. The van der Waals surface area contributed by atoms with Gasteiger partial charge in [-0.3, -0.25) is 14.9 Å². The first-order chi connectivity index (χ1) is 12.2. The highest BCUT2D eigenvalue weighted by molar-refractivity contribution is 6.34. The third kappa shape index (κ3) is 3.28. The number of carbonyl (C=O) groups excluding carboxylic acids is 3. The summed E-state index contributed by atoms with van der Waals surface area (Å²) in [4.78, 5) is 37.7. The molecule has 134 valence electrons. The first-order valence-corrected chi connectivity index (χ1v) is 7.95. The van der Waals surface area contributed by atoms with Crippen molar-refractivity contribution in [3.05, 3.63) is 59.4 Å². The average Bonchev–Trinajstić information content (AvgIpc) is 2.80. The van der Waals surface area contributed by atoms with Crippen LogP contribution in [0.4, 0.5) is 20.6 Å². The zero-order valence-corrected chi connectivity index (χ0v) is 14.5. The predicted octanol–water partition coefficient (Wildman–Crippen LogP) is 3.97. The fraction of sp³-hybridized carbons (Fsp3) is 0.211. The van der Waals surface area contributed by atoms with Gasteiger partial charge in [-0.05, 0) is 51.1 Å². The molecule has 0 unspecified atom stereocenters. The number of amides is 3. The van der Waals surface area contributed by atoms with Crippen molar-refractivity contribution in [3.8, 4) is 0 Å². The van der Waals surface area contributed by atoms with Gasteiger partial charge >= 0.3 is 6.09 Å². The molecule has 3 rings (SSSR count). The van der Waals surface area contributed by atoms with E-state index in [1.54, 1.807) is 32.9 Å². The molecule has 0 fully saturated rings. The monoisotopic (exact) mass is 356 g/mol. The van der Waals surface area contributed by atoms with Crippen LogP contribution in [0.5, 0.6) is 0 Å². The van der Waals surface area contributed by atoms with E-state index in [1.165, 1.54) is 24.3 Å². The number of halogens is 1. The van der Waals surface area contributed by atoms with E-state index in [9.17, 15) is 18.8 Å². The van der Waals surface area contributed by atoms with Gasteiger partial charge in [0.15, 0.2) is 0 Å². The molecular weight excluding hydrogens is 339 g/mol. The molecule has 1 aliphatic rings. The predicted molar refractivity (Wildman–Crippen MR) is 93.8 cm³/mol. The molecule has 0 bridgehead atoms. The summed E-state index contributed by atoms with van der Waals surface area (Å²) in [5, 5.41) is 2.46. The highest BCUT2D eigenvalue weighted by Crippen LogP contribution is 2.32. The fourth-order valence-corrected chi connectivity index (χ4v) is 2.59. The van der Waals surface area contributed by atoms with Crippen LogP contribution in [0.1, 0.15) is 41.5 Å². The van der Waals surface area contributed by atoms with Crippen LogP contribution < -0.4 is 10.2 Å². The maximum Gasteiger partial charge on any atom is 0.412 e. The van der Waals surface area contributed by atoms with Gasteiger partial charge in [0, 0.05) is 5.69 Å². The molecule has 7 heteroatoms. The lowest BCUT2D eigenvalue weighted by atomic mass is 10.1. The Hall–Kier alpha value is -3.22. The lowest BCUT2D eigenvalue weighted by Gasteiger charge is -2.20. The topological polar surface area (TPSA) is 75.7 Å². The minimum absolute atomic E-state index is 0.201. The van der Waals surface area contributed by atoms with Crippen molar-refractivity contribution in [2.45, 2.75) is 26.4 Å². The van der Waals surface area contributed by atoms with Crippen LogP contribution in [-0.4, -0.2) is 23.5 Å². The van der Waals surface area contributed by atoms with E-state index in [2.05, 4.69) is 5.32 Å². The van der Waals surface area contributed by atoms with Crippen molar-refractivity contribution in [1.82, 2.24) is 0 Å². The lowest BCUT2D eigenvalue weighted by Crippen LogP contribution is -2.30. The van der Waals surface area contributed by atoms with E-state index in [4.69, 9.17) is 4.74 Å². The van der Waals surface area contributed by atoms with Crippen molar-refractivity contribution in [3.63, 3.8) is 0 Å². The molecule has 0 radical (unpaired) electrons. The Bertz CT molecular complexity index is 883. The second kappa shape index (κ2) is 6.25. The van der Waals surface area contributed by atoms with E-state index in [0.717, 1.165) is 11.0 Å². The van der Waals surface area contributed by atoms with Crippen LogP contribution in [0.3, 0.4) is 0 Å². The molecule has 0 atom stereocenters. The summed E-state index contributed by atoms with van der Waals surface area (Å²) in [5.41, 5.74) is -0.308. The second-order valence-electron chi connectivity index (χ2n) is 6.78. The number of carbonyl (C=O) groups is 3. The standard InChI is InChI=1S/C19H17FN2O4/c1-19(2,3)26-18(25)21-11-8-9-14(20)15(10-11)22-16(23)12-6-4-5-7-13(12)17(22)24/h4-10H,1-3H3,(H,21,25). The van der Waals surface area contributed by atoms with Crippen molar-refractivity contribution in [2.24, 2.45) is 0 Å². The first-order valence-electron chi connectivity index (χ1n) is 7.95. The Labute approximate surface area is 149 Å². The number of nitrogens with one attached hydrogen (secondary N) is 1. The molecule has 1 aliphatic heterocycles. The van der Waals surface area contributed by atoms with E-state index < -0.39 is 29.3 Å². The normalized spacial score (nSPS) is 13.6. The average molecular weight is 356 g/mol. The molecule has 0 saturated carbocycles. The smallest absolute Gasteiger partial charge is 0.412 e. The summed E-state index contributed by atoms with van der Waals surface area (Å²) in [6.07, 6.45) is -0.725. The van der Waals surface area contributed by atoms with Crippen molar-refractivity contribution < 1.29 is 23.5 Å². The van der Waals surface area contributed by atoms with Crippen molar-refractivity contribution >= 4 is 29.3 Å². The highest BCUT2D eigenvalue weighted by atomic mass is 19.1. The Morgan fingerprint density at radius 3 is 2.15 bits per heavy atom. The zero-order chi connectivity index (χ0) is 19.1. The van der Waals surface area contributed by atoms with Gasteiger partial charge in [0.05, 0.1) is 16.8 Å². The first kappa shape index (κ1) is 17.6. The minimum Gasteiger partial charge on any atom is -0.444 e. The number of fused-ring (bicyclic) bond motifs is 1.